The van der Waals surface area contributed by atoms with Crippen molar-refractivity contribution in [3.05, 3.63) is 48.3 Å². The standard InChI is InChI=1S/C16H21N3OS/c1-19-10-15(9-17-19)21-12-16(11-20,18-14-7-8-14)13-5-3-2-4-6-13/h2-6,9-10,14,18,20H,7-8,11-12H2,1H3. The van der Waals surface area contributed by atoms with Crippen LogP contribution in [0.4, 0.5) is 0 Å². The predicted octanol–water partition coefficient (Wildman–Crippen LogP) is 2.15. The maximum Gasteiger partial charge on any atom is 0.0766 e. The maximum atomic E-state index is 10.1. The number of aromatic nitrogens is 2. The third kappa shape index (κ3) is 3.48. The lowest BCUT2D eigenvalue weighted by atomic mass is 9.92. The number of aliphatic hydroxyl groups excluding tert-OH is 1. The van der Waals surface area contributed by atoms with Gasteiger partial charge in [-0.3, -0.25) is 4.68 Å². The second-order valence-electron chi connectivity index (χ2n) is 5.66. The van der Waals surface area contributed by atoms with Crippen molar-refractivity contribution in [2.24, 2.45) is 7.05 Å². The van der Waals surface area contributed by atoms with Crippen molar-refractivity contribution in [2.45, 2.75) is 29.3 Å². The van der Waals surface area contributed by atoms with Crippen LogP contribution in [0.25, 0.3) is 0 Å². The summed E-state index contributed by atoms with van der Waals surface area (Å²) in [6, 6.07) is 10.8. The van der Waals surface area contributed by atoms with E-state index < -0.39 is 0 Å². The molecule has 1 heterocycles. The number of aryl methyl sites for hydroxylation is 1. The highest BCUT2D eigenvalue weighted by Gasteiger charge is 2.37. The van der Waals surface area contributed by atoms with E-state index in [2.05, 4.69) is 22.5 Å². The molecule has 1 aromatic carbocycles. The van der Waals surface area contributed by atoms with Crippen molar-refractivity contribution in [2.75, 3.05) is 12.4 Å². The summed E-state index contributed by atoms with van der Waals surface area (Å²) in [5, 5.41) is 17.9. The number of hydrogen-bond acceptors (Lipinski definition) is 4. The monoisotopic (exact) mass is 303 g/mol. The zero-order valence-corrected chi connectivity index (χ0v) is 13.0. The second kappa shape index (κ2) is 6.22. The zero-order valence-electron chi connectivity index (χ0n) is 12.2. The summed E-state index contributed by atoms with van der Waals surface area (Å²) in [6.45, 7) is 0.0980. The van der Waals surface area contributed by atoms with Gasteiger partial charge in [-0.2, -0.15) is 5.10 Å². The molecule has 0 amide bonds. The Balaban J connectivity index is 1.80. The summed E-state index contributed by atoms with van der Waals surface area (Å²) in [4.78, 5) is 1.13. The molecule has 112 valence electrons. The van der Waals surface area contributed by atoms with Gasteiger partial charge in [0.2, 0.25) is 0 Å². The minimum atomic E-state index is -0.386. The molecule has 2 N–H and O–H groups in total. The van der Waals surface area contributed by atoms with Gasteiger partial charge >= 0.3 is 0 Å². The van der Waals surface area contributed by atoms with E-state index in [1.807, 2.05) is 37.6 Å². The van der Waals surface area contributed by atoms with Crippen LogP contribution in [0.1, 0.15) is 18.4 Å². The van der Waals surface area contributed by atoms with Gasteiger partial charge in [0.15, 0.2) is 0 Å². The van der Waals surface area contributed by atoms with Gasteiger partial charge in [-0.1, -0.05) is 30.3 Å². The Hall–Kier alpha value is -1.30. The molecule has 1 aliphatic rings. The van der Waals surface area contributed by atoms with Crippen molar-refractivity contribution in [1.29, 1.82) is 0 Å². The molecule has 0 radical (unpaired) electrons. The molecular weight excluding hydrogens is 282 g/mol. The fraction of sp³-hybridized carbons (Fsp3) is 0.438. The number of thioether (sulfide) groups is 1. The quantitative estimate of drug-likeness (QED) is 0.770. The van der Waals surface area contributed by atoms with Crippen LogP contribution in [0.15, 0.2) is 47.6 Å². The van der Waals surface area contributed by atoms with Crippen LogP contribution < -0.4 is 5.32 Å². The summed E-state index contributed by atoms with van der Waals surface area (Å²) in [6.07, 6.45) is 6.28. The van der Waals surface area contributed by atoms with Crippen LogP contribution in [0, 0.1) is 0 Å². The highest BCUT2D eigenvalue weighted by molar-refractivity contribution is 7.99. The van der Waals surface area contributed by atoms with Gasteiger partial charge in [0.1, 0.15) is 0 Å². The molecule has 1 atom stereocenters. The minimum Gasteiger partial charge on any atom is -0.394 e. The molecule has 1 saturated carbocycles. The Labute approximate surface area is 129 Å². The van der Waals surface area contributed by atoms with Crippen molar-refractivity contribution in [1.82, 2.24) is 15.1 Å². The largest absolute Gasteiger partial charge is 0.394 e. The Morgan fingerprint density at radius 3 is 2.71 bits per heavy atom. The van der Waals surface area contributed by atoms with Crippen LogP contribution in [-0.4, -0.2) is 33.3 Å². The van der Waals surface area contributed by atoms with E-state index >= 15 is 0 Å². The molecule has 1 aliphatic carbocycles. The van der Waals surface area contributed by atoms with Gasteiger partial charge < -0.3 is 10.4 Å². The second-order valence-corrected chi connectivity index (χ2v) is 6.71. The summed E-state index contributed by atoms with van der Waals surface area (Å²) >= 11 is 1.73. The Kier molecular flexibility index (Phi) is 4.33. The SMILES string of the molecule is Cn1cc(SCC(CO)(NC2CC2)c2ccccc2)cn1. The Bertz CT molecular complexity index is 582. The van der Waals surface area contributed by atoms with E-state index in [4.69, 9.17) is 0 Å². The predicted molar refractivity (Wildman–Crippen MR) is 85.3 cm³/mol. The first kappa shape index (κ1) is 14.6. The van der Waals surface area contributed by atoms with Crippen molar-refractivity contribution < 1.29 is 5.11 Å². The lowest BCUT2D eigenvalue weighted by Gasteiger charge is -2.33. The lowest BCUT2D eigenvalue weighted by molar-refractivity contribution is 0.177. The van der Waals surface area contributed by atoms with Crippen LogP contribution in [0.5, 0.6) is 0 Å². The molecule has 0 spiro atoms. The molecule has 2 aromatic rings. The topological polar surface area (TPSA) is 50.1 Å². The average molecular weight is 303 g/mol. The van der Waals surface area contributed by atoms with Crippen molar-refractivity contribution >= 4 is 11.8 Å². The first-order valence-electron chi connectivity index (χ1n) is 7.27. The molecule has 1 unspecified atom stereocenters. The minimum absolute atomic E-state index is 0.0980. The first-order valence-corrected chi connectivity index (χ1v) is 8.26. The van der Waals surface area contributed by atoms with Crippen LogP contribution in [0.2, 0.25) is 0 Å². The average Bonchev–Trinajstić information content (AvgIpc) is 3.24. The maximum absolute atomic E-state index is 10.1. The van der Waals surface area contributed by atoms with E-state index in [0.717, 1.165) is 16.2 Å². The lowest BCUT2D eigenvalue weighted by Crippen LogP contribution is -2.49. The van der Waals surface area contributed by atoms with E-state index in [1.54, 1.807) is 16.4 Å². The van der Waals surface area contributed by atoms with Gasteiger partial charge in [-0.25, -0.2) is 0 Å². The van der Waals surface area contributed by atoms with Crippen molar-refractivity contribution in [3.63, 3.8) is 0 Å². The smallest absolute Gasteiger partial charge is 0.0766 e. The highest BCUT2D eigenvalue weighted by atomic mass is 32.2. The van der Waals surface area contributed by atoms with Gasteiger partial charge in [0, 0.05) is 29.9 Å². The Morgan fingerprint density at radius 1 is 1.38 bits per heavy atom. The summed E-state index contributed by atoms with van der Waals surface area (Å²) in [5.74, 6) is 0.787. The molecule has 4 nitrogen and oxygen atoms in total. The summed E-state index contributed by atoms with van der Waals surface area (Å²) < 4.78 is 1.81. The fourth-order valence-electron chi connectivity index (χ4n) is 2.45. The molecule has 0 aliphatic heterocycles. The van der Waals surface area contributed by atoms with Crippen LogP contribution in [0.3, 0.4) is 0 Å². The van der Waals surface area contributed by atoms with Crippen molar-refractivity contribution in [3.8, 4) is 0 Å². The molecular formula is C16H21N3OS. The van der Waals surface area contributed by atoms with E-state index in [9.17, 15) is 5.11 Å². The molecule has 1 aromatic heterocycles. The molecule has 0 bridgehead atoms. The molecule has 0 saturated heterocycles. The summed E-state index contributed by atoms with van der Waals surface area (Å²) in [5.41, 5.74) is 0.763. The zero-order chi connectivity index (χ0) is 14.7. The van der Waals surface area contributed by atoms with Gasteiger partial charge in [-0.15, -0.1) is 11.8 Å². The van der Waals surface area contributed by atoms with Crippen LogP contribution in [-0.2, 0) is 12.6 Å². The third-order valence-corrected chi connectivity index (χ3v) is 5.00. The molecule has 3 rings (SSSR count). The number of aliphatic hydroxyl groups is 1. The van der Waals surface area contributed by atoms with Crippen LogP contribution >= 0.6 is 11.8 Å². The fourth-order valence-corrected chi connectivity index (χ4v) is 3.55. The number of nitrogens with zero attached hydrogens (tertiary/aromatic N) is 2. The molecule has 21 heavy (non-hydrogen) atoms. The van der Waals surface area contributed by atoms with Gasteiger partial charge in [0.25, 0.3) is 0 Å². The molecule has 1 fully saturated rings. The van der Waals surface area contributed by atoms with E-state index in [1.165, 1.54) is 12.8 Å². The highest BCUT2D eigenvalue weighted by Crippen LogP contribution is 2.33. The van der Waals surface area contributed by atoms with Gasteiger partial charge in [0.05, 0.1) is 18.3 Å². The normalized spacial score (nSPS) is 17.6. The van der Waals surface area contributed by atoms with Gasteiger partial charge in [-0.05, 0) is 18.4 Å². The van der Waals surface area contributed by atoms with E-state index in [0.29, 0.717) is 6.04 Å². The third-order valence-electron chi connectivity index (χ3n) is 3.82. The number of benzene rings is 1. The van der Waals surface area contributed by atoms with E-state index in [-0.39, 0.29) is 12.1 Å². The Morgan fingerprint density at radius 2 is 2.14 bits per heavy atom. The number of rotatable bonds is 7. The number of nitrogens with one attached hydrogen (secondary N) is 1. The summed E-state index contributed by atoms with van der Waals surface area (Å²) in [7, 11) is 1.92. The molecule has 5 heteroatoms. The number of hydrogen-bond donors (Lipinski definition) is 2. The first-order chi connectivity index (χ1) is 10.2.